The van der Waals surface area contributed by atoms with Crippen LogP contribution in [0, 0.1) is 12.8 Å². The van der Waals surface area contributed by atoms with Gasteiger partial charge < -0.3 is 8.97 Å². The van der Waals surface area contributed by atoms with Gasteiger partial charge in [0.25, 0.3) is 0 Å². The fourth-order valence-electron chi connectivity index (χ4n) is 3.75. The number of imidazole rings is 1. The summed E-state index contributed by atoms with van der Waals surface area (Å²) in [5.74, 6) is 0.803. The van der Waals surface area contributed by atoms with Crippen LogP contribution in [0.4, 0.5) is 0 Å². The lowest BCUT2D eigenvalue weighted by molar-refractivity contribution is 0.651. The summed E-state index contributed by atoms with van der Waals surface area (Å²) in [6.07, 6.45) is 6.62. The van der Waals surface area contributed by atoms with E-state index in [2.05, 4.69) is 81.0 Å². The fraction of sp³-hybridized carbons (Fsp3) is 0.227. The number of pyridine rings is 1. The second-order valence-electron chi connectivity index (χ2n) is 7.22. The Morgan fingerprint density at radius 1 is 1.23 bits per heavy atom. The summed E-state index contributed by atoms with van der Waals surface area (Å²) in [7, 11) is 0. The number of aryl methyl sites for hydroxylation is 1. The van der Waals surface area contributed by atoms with Gasteiger partial charge in [0.15, 0.2) is 0 Å². The number of hydrogen-bond donors (Lipinski definition) is 0. The van der Waals surface area contributed by atoms with Crippen molar-refractivity contribution in [3.63, 3.8) is 0 Å². The predicted molar refractivity (Wildman–Crippen MR) is 111 cm³/mol. The summed E-state index contributed by atoms with van der Waals surface area (Å²) in [6.45, 7) is 7.10. The van der Waals surface area contributed by atoms with E-state index >= 15 is 0 Å². The normalized spacial score (nSPS) is 14.4. The van der Waals surface area contributed by atoms with Crippen molar-refractivity contribution in [2.24, 2.45) is 5.92 Å². The van der Waals surface area contributed by atoms with Crippen molar-refractivity contribution < 1.29 is 0 Å². The average molecular weight is 406 g/mol. The Labute approximate surface area is 161 Å². The number of hydrogen-bond acceptors (Lipinski definition) is 1. The number of nitrogens with zero attached hydrogens (tertiary/aromatic N) is 3. The van der Waals surface area contributed by atoms with Gasteiger partial charge in [-0.1, -0.05) is 28.6 Å². The molecule has 0 spiro atoms. The largest absolute Gasteiger partial charge is 0.339 e. The maximum Gasteiger partial charge on any atom is 0.138 e. The zero-order valence-corrected chi connectivity index (χ0v) is 16.3. The Morgan fingerprint density at radius 2 is 2.08 bits per heavy atom. The van der Waals surface area contributed by atoms with Crippen molar-refractivity contribution in [3.8, 4) is 11.4 Å². The highest BCUT2D eigenvalue weighted by atomic mass is 79.9. The van der Waals surface area contributed by atoms with E-state index in [0.29, 0.717) is 0 Å². The lowest BCUT2D eigenvalue weighted by atomic mass is 10.2. The van der Waals surface area contributed by atoms with Crippen LogP contribution < -0.4 is 0 Å². The highest BCUT2D eigenvalue weighted by molar-refractivity contribution is 9.10. The summed E-state index contributed by atoms with van der Waals surface area (Å²) >= 11 is 3.61. The van der Waals surface area contributed by atoms with E-state index in [1.165, 1.54) is 35.1 Å². The monoisotopic (exact) mass is 405 g/mol. The lowest BCUT2D eigenvalue weighted by Crippen LogP contribution is -2.02. The first-order chi connectivity index (χ1) is 12.6. The van der Waals surface area contributed by atoms with Crippen LogP contribution in [0.2, 0.25) is 0 Å². The molecule has 1 aliphatic rings. The van der Waals surface area contributed by atoms with E-state index in [1.807, 2.05) is 6.08 Å². The molecule has 1 fully saturated rings. The summed E-state index contributed by atoms with van der Waals surface area (Å²) in [4.78, 5) is 4.98. The minimum absolute atomic E-state index is 0.803. The molecule has 0 radical (unpaired) electrons. The molecule has 0 amide bonds. The molecule has 26 heavy (non-hydrogen) atoms. The molecular weight excluding hydrogens is 386 g/mol. The third-order valence-corrected chi connectivity index (χ3v) is 5.86. The number of halogens is 1. The number of fused-ring (bicyclic) bond motifs is 2. The highest BCUT2D eigenvalue weighted by Gasteiger charge is 2.25. The molecule has 3 nitrogen and oxygen atoms in total. The molecule has 1 aromatic carbocycles. The molecule has 5 rings (SSSR count). The second-order valence-corrected chi connectivity index (χ2v) is 8.14. The van der Waals surface area contributed by atoms with Crippen molar-refractivity contribution in [2.75, 3.05) is 0 Å². The van der Waals surface area contributed by atoms with Crippen LogP contribution in [0.5, 0.6) is 0 Å². The Kier molecular flexibility index (Phi) is 3.57. The zero-order chi connectivity index (χ0) is 17.8. The van der Waals surface area contributed by atoms with Gasteiger partial charge in [-0.05, 0) is 67.6 Å². The zero-order valence-electron chi connectivity index (χ0n) is 14.7. The van der Waals surface area contributed by atoms with Crippen molar-refractivity contribution >= 4 is 38.6 Å². The van der Waals surface area contributed by atoms with Crippen molar-refractivity contribution in [3.05, 3.63) is 64.9 Å². The third kappa shape index (κ3) is 2.52. The Hall–Kier alpha value is -2.33. The van der Waals surface area contributed by atoms with E-state index in [0.717, 1.165) is 33.8 Å². The average Bonchev–Trinajstić information content (AvgIpc) is 3.32. The maximum absolute atomic E-state index is 4.98. The van der Waals surface area contributed by atoms with E-state index < -0.39 is 0 Å². The smallest absolute Gasteiger partial charge is 0.138 e. The van der Waals surface area contributed by atoms with E-state index in [-0.39, 0.29) is 0 Å². The van der Waals surface area contributed by atoms with Gasteiger partial charge in [0.05, 0.1) is 5.69 Å². The van der Waals surface area contributed by atoms with Crippen LogP contribution >= 0.6 is 15.9 Å². The van der Waals surface area contributed by atoms with Crippen LogP contribution in [-0.4, -0.2) is 14.0 Å². The van der Waals surface area contributed by atoms with Crippen LogP contribution in [0.3, 0.4) is 0 Å². The molecule has 4 aromatic rings. The molecule has 0 saturated heterocycles. The topological polar surface area (TPSA) is 22.2 Å². The van der Waals surface area contributed by atoms with Gasteiger partial charge in [-0.25, -0.2) is 4.98 Å². The summed E-state index contributed by atoms with van der Waals surface area (Å²) in [5, 5.41) is 1.26. The first-order valence-electron chi connectivity index (χ1n) is 9.04. The third-order valence-electron chi connectivity index (χ3n) is 5.37. The first kappa shape index (κ1) is 15.9. The fourth-order valence-corrected chi connectivity index (χ4v) is 4.12. The number of rotatable bonds is 4. The van der Waals surface area contributed by atoms with Gasteiger partial charge in [0.1, 0.15) is 11.3 Å². The van der Waals surface area contributed by atoms with Gasteiger partial charge in [-0.3, -0.25) is 0 Å². The number of aromatic nitrogens is 3. The molecule has 1 saturated carbocycles. The SMILES string of the molecule is C=Cc1ccn2c(C)c(-c3cc4cc(Br)ccc4n3CC3CC3)nc2c1. The van der Waals surface area contributed by atoms with Crippen molar-refractivity contribution in [2.45, 2.75) is 26.3 Å². The lowest BCUT2D eigenvalue weighted by Gasteiger charge is -2.09. The van der Waals surface area contributed by atoms with Crippen LogP contribution in [0.15, 0.2) is 53.6 Å². The quantitative estimate of drug-likeness (QED) is 0.403. The summed E-state index contributed by atoms with van der Waals surface area (Å²) in [6, 6.07) is 13.0. The molecule has 0 aliphatic heterocycles. The minimum atomic E-state index is 0.803. The Morgan fingerprint density at radius 3 is 2.85 bits per heavy atom. The van der Waals surface area contributed by atoms with Crippen molar-refractivity contribution in [1.82, 2.24) is 14.0 Å². The second kappa shape index (κ2) is 5.85. The first-order valence-corrected chi connectivity index (χ1v) is 9.83. The van der Waals surface area contributed by atoms with Crippen LogP contribution in [0.25, 0.3) is 34.0 Å². The number of benzene rings is 1. The minimum Gasteiger partial charge on any atom is -0.339 e. The van der Waals surface area contributed by atoms with Gasteiger partial charge >= 0.3 is 0 Å². The molecule has 0 atom stereocenters. The predicted octanol–water partition coefficient (Wildman–Crippen LogP) is 6.08. The molecule has 3 heterocycles. The van der Waals surface area contributed by atoms with E-state index in [1.54, 1.807) is 0 Å². The van der Waals surface area contributed by atoms with Gasteiger partial charge in [-0.15, -0.1) is 0 Å². The molecule has 0 bridgehead atoms. The van der Waals surface area contributed by atoms with Gasteiger partial charge in [0, 0.05) is 33.8 Å². The van der Waals surface area contributed by atoms with E-state index in [9.17, 15) is 0 Å². The maximum atomic E-state index is 4.98. The standard InChI is InChI=1S/C22H20BrN3/c1-3-15-8-9-25-14(2)22(24-21(25)10-15)20-12-17-11-18(23)6-7-19(17)26(20)13-16-4-5-16/h3,6-12,16H,1,4-5,13H2,2H3. The molecule has 0 N–H and O–H groups in total. The highest BCUT2D eigenvalue weighted by Crippen LogP contribution is 2.37. The van der Waals surface area contributed by atoms with Crippen LogP contribution in [-0.2, 0) is 6.54 Å². The molecular formula is C22H20BrN3. The Bertz CT molecular complexity index is 1160. The molecule has 3 aromatic heterocycles. The van der Waals surface area contributed by atoms with E-state index in [4.69, 9.17) is 4.98 Å². The van der Waals surface area contributed by atoms with Gasteiger partial charge in [0.2, 0.25) is 0 Å². The Balaban J connectivity index is 1.76. The van der Waals surface area contributed by atoms with Crippen LogP contribution in [0.1, 0.15) is 24.1 Å². The summed E-state index contributed by atoms with van der Waals surface area (Å²) < 4.78 is 5.74. The van der Waals surface area contributed by atoms with Gasteiger partial charge in [-0.2, -0.15) is 0 Å². The molecule has 4 heteroatoms. The summed E-state index contributed by atoms with van der Waals surface area (Å²) in [5.41, 5.74) is 6.81. The van der Waals surface area contributed by atoms with Crippen molar-refractivity contribution in [1.29, 1.82) is 0 Å². The molecule has 130 valence electrons. The molecule has 1 aliphatic carbocycles. The molecule has 0 unspecified atom stereocenters.